The number of hydrogen-bond donors (Lipinski definition) is 1. The maximum absolute atomic E-state index is 5.69. The monoisotopic (exact) mass is 231 g/mol. The molecule has 4 nitrogen and oxygen atoms in total. The summed E-state index contributed by atoms with van der Waals surface area (Å²) in [6.07, 6.45) is 3.82. The summed E-state index contributed by atoms with van der Waals surface area (Å²) in [7, 11) is 1.71. The van der Waals surface area contributed by atoms with E-state index in [1.165, 1.54) is 12.8 Å². The van der Waals surface area contributed by atoms with Crippen LogP contribution >= 0.6 is 0 Å². The van der Waals surface area contributed by atoms with Gasteiger partial charge in [-0.1, -0.05) is 6.92 Å². The predicted molar refractivity (Wildman–Crippen MR) is 63.8 cm³/mol. The van der Waals surface area contributed by atoms with Gasteiger partial charge in [-0.2, -0.15) is 0 Å². The summed E-state index contributed by atoms with van der Waals surface area (Å²) in [5, 5.41) is 3.45. The van der Waals surface area contributed by atoms with Gasteiger partial charge in [0.05, 0.1) is 25.9 Å². The fraction of sp³-hybridized carbons (Fsp3) is 1.00. The summed E-state index contributed by atoms with van der Waals surface area (Å²) in [6, 6.07) is 0.722. The molecule has 0 aromatic rings. The smallest absolute Gasteiger partial charge is 0.0933 e. The summed E-state index contributed by atoms with van der Waals surface area (Å²) in [5.41, 5.74) is 0. The maximum Gasteiger partial charge on any atom is 0.0933 e. The average molecular weight is 231 g/mol. The molecule has 1 rings (SSSR count). The van der Waals surface area contributed by atoms with E-state index in [0.717, 1.165) is 25.6 Å². The van der Waals surface area contributed by atoms with E-state index in [9.17, 15) is 0 Å². The van der Waals surface area contributed by atoms with Crippen molar-refractivity contribution in [2.75, 3.05) is 40.1 Å². The molecule has 1 aliphatic rings. The van der Waals surface area contributed by atoms with Crippen LogP contribution in [0.1, 0.15) is 26.2 Å². The second kappa shape index (κ2) is 8.93. The van der Waals surface area contributed by atoms with Crippen molar-refractivity contribution in [3.63, 3.8) is 0 Å². The van der Waals surface area contributed by atoms with Crippen LogP contribution in [0.2, 0.25) is 0 Å². The molecular weight excluding hydrogens is 206 g/mol. The van der Waals surface area contributed by atoms with E-state index >= 15 is 0 Å². The van der Waals surface area contributed by atoms with Crippen LogP contribution in [-0.4, -0.2) is 52.2 Å². The molecule has 1 aliphatic carbocycles. The quantitative estimate of drug-likeness (QED) is 0.542. The van der Waals surface area contributed by atoms with Gasteiger partial charge in [-0.15, -0.1) is 0 Å². The lowest BCUT2D eigenvalue weighted by Gasteiger charge is -2.17. The molecule has 0 heterocycles. The second-order valence-corrected chi connectivity index (χ2v) is 4.24. The Morgan fingerprint density at radius 3 is 2.69 bits per heavy atom. The first kappa shape index (κ1) is 13.9. The molecule has 1 atom stereocenters. The fourth-order valence-electron chi connectivity index (χ4n) is 1.46. The molecule has 1 saturated carbocycles. The highest BCUT2D eigenvalue weighted by atomic mass is 16.5. The van der Waals surface area contributed by atoms with Crippen molar-refractivity contribution in [1.29, 1.82) is 0 Å². The SMILES string of the molecule is CCCOCCOC(CNC1CC1)COC. The zero-order valence-electron chi connectivity index (χ0n) is 10.5. The van der Waals surface area contributed by atoms with Crippen LogP contribution < -0.4 is 5.32 Å². The van der Waals surface area contributed by atoms with Crippen molar-refractivity contribution in [3.05, 3.63) is 0 Å². The Morgan fingerprint density at radius 2 is 2.06 bits per heavy atom. The van der Waals surface area contributed by atoms with E-state index in [4.69, 9.17) is 14.2 Å². The summed E-state index contributed by atoms with van der Waals surface area (Å²) in [4.78, 5) is 0. The van der Waals surface area contributed by atoms with Crippen LogP contribution in [0.5, 0.6) is 0 Å². The van der Waals surface area contributed by atoms with Gasteiger partial charge in [-0.05, 0) is 19.3 Å². The van der Waals surface area contributed by atoms with Gasteiger partial charge in [0, 0.05) is 26.3 Å². The lowest BCUT2D eigenvalue weighted by atomic mass is 10.3. The van der Waals surface area contributed by atoms with Crippen molar-refractivity contribution in [3.8, 4) is 0 Å². The number of ether oxygens (including phenoxy) is 3. The lowest BCUT2D eigenvalue weighted by molar-refractivity contribution is -0.0273. The zero-order chi connectivity index (χ0) is 11.6. The molecule has 0 amide bonds. The van der Waals surface area contributed by atoms with Crippen LogP contribution in [-0.2, 0) is 14.2 Å². The predicted octanol–water partition coefficient (Wildman–Crippen LogP) is 1.20. The Kier molecular flexibility index (Phi) is 7.76. The standard InChI is InChI=1S/C12H25NO3/c1-3-6-15-7-8-16-12(10-14-2)9-13-11-4-5-11/h11-13H,3-10H2,1-2H3. The Balaban J connectivity index is 1.97. The van der Waals surface area contributed by atoms with E-state index in [2.05, 4.69) is 12.2 Å². The molecule has 0 aliphatic heterocycles. The molecule has 0 saturated heterocycles. The first-order valence-corrected chi connectivity index (χ1v) is 6.28. The molecule has 4 heteroatoms. The van der Waals surface area contributed by atoms with Gasteiger partial charge >= 0.3 is 0 Å². The van der Waals surface area contributed by atoms with Gasteiger partial charge in [0.15, 0.2) is 0 Å². The third kappa shape index (κ3) is 7.17. The second-order valence-electron chi connectivity index (χ2n) is 4.24. The fourth-order valence-corrected chi connectivity index (χ4v) is 1.46. The third-order valence-electron chi connectivity index (χ3n) is 2.49. The normalized spacial score (nSPS) is 17.6. The number of nitrogens with one attached hydrogen (secondary N) is 1. The van der Waals surface area contributed by atoms with Crippen molar-refractivity contribution < 1.29 is 14.2 Å². The molecule has 0 aromatic carbocycles. The average Bonchev–Trinajstić information content (AvgIpc) is 3.09. The van der Waals surface area contributed by atoms with Gasteiger partial charge in [-0.25, -0.2) is 0 Å². The molecule has 0 spiro atoms. The molecule has 16 heavy (non-hydrogen) atoms. The Hall–Kier alpha value is -0.160. The van der Waals surface area contributed by atoms with Crippen molar-refractivity contribution in [2.45, 2.75) is 38.3 Å². The van der Waals surface area contributed by atoms with Crippen molar-refractivity contribution in [1.82, 2.24) is 5.32 Å². The van der Waals surface area contributed by atoms with E-state index in [0.29, 0.717) is 19.8 Å². The topological polar surface area (TPSA) is 39.7 Å². The van der Waals surface area contributed by atoms with E-state index in [1.54, 1.807) is 7.11 Å². The Labute approximate surface area is 98.6 Å². The largest absolute Gasteiger partial charge is 0.382 e. The molecular formula is C12H25NO3. The molecule has 1 fully saturated rings. The highest BCUT2D eigenvalue weighted by Gasteiger charge is 2.21. The summed E-state index contributed by atoms with van der Waals surface area (Å²) in [5.74, 6) is 0. The maximum atomic E-state index is 5.69. The third-order valence-corrected chi connectivity index (χ3v) is 2.49. The zero-order valence-corrected chi connectivity index (χ0v) is 10.5. The van der Waals surface area contributed by atoms with E-state index in [1.807, 2.05) is 0 Å². The highest BCUT2D eigenvalue weighted by Crippen LogP contribution is 2.18. The molecule has 1 N–H and O–H groups in total. The van der Waals surface area contributed by atoms with Crippen LogP contribution in [0, 0.1) is 0 Å². The molecule has 1 unspecified atom stereocenters. The van der Waals surface area contributed by atoms with Gasteiger partial charge in [-0.3, -0.25) is 0 Å². The van der Waals surface area contributed by atoms with Gasteiger partial charge in [0.2, 0.25) is 0 Å². The summed E-state index contributed by atoms with van der Waals surface area (Å²) < 4.78 is 16.2. The van der Waals surface area contributed by atoms with Crippen LogP contribution in [0.3, 0.4) is 0 Å². The molecule has 96 valence electrons. The number of hydrogen-bond acceptors (Lipinski definition) is 4. The Morgan fingerprint density at radius 1 is 1.25 bits per heavy atom. The van der Waals surface area contributed by atoms with Crippen LogP contribution in [0.4, 0.5) is 0 Å². The Bertz CT molecular complexity index is 162. The van der Waals surface area contributed by atoms with Crippen molar-refractivity contribution in [2.24, 2.45) is 0 Å². The van der Waals surface area contributed by atoms with E-state index < -0.39 is 0 Å². The number of methoxy groups -OCH3 is 1. The first-order chi connectivity index (χ1) is 7.86. The van der Waals surface area contributed by atoms with Crippen LogP contribution in [0.15, 0.2) is 0 Å². The van der Waals surface area contributed by atoms with E-state index in [-0.39, 0.29) is 6.10 Å². The minimum atomic E-state index is 0.149. The van der Waals surface area contributed by atoms with Crippen LogP contribution in [0.25, 0.3) is 0 Å². The summed E-state index contributed by atoms with van der Waals surface area (Å²) in [6.45, 7) is 5.78. The lowest BCUT2D eigenvalue weighted by Crippen LogP contribution is -2.34. The molecule has 0 bridgehead atoms. The summed E-state index contributed by atoms with van der Waals surface area (Å²) >= 11 is 0. The van der Waals surface area contributed by atoms with Gasteiger partial charge < -0.3 is 19.5 Å². The molecule has 0 aromatic heterocycles. The first-order valence-electron chi connectivity index (χ1n) is 6.28. The molecule has 0 radical (unpaired) electrons. The minimum Gasteiger partial charge on any atom is -0.382 e. The highest BCUT2D eigenvalue weighted by molar-refractivity contribution is 4.82. The number of rotatable bonds is 11. The minimum absolute atomic E-state index is 0.149. The van der Waals surface area contributed by atoms with Gasteiger partial charge in [0.25, 0.3) is 0 Å². The van der Waals surface area contributed by atoms with Crippen molar-refractivity contribution >= 4 is 0 Å². The van der Waals surface area contributed by atoms with Gasteiger partial charge in [0.1, 0.15) is 0 Å².